The van der Waals surface area contributed by atoms with Crippen LogP contribution in [0.25, 0.3) is 11.0 Å². The van der Waals surface area contributed by atoms with Crippen molar-refractivity contribution in [2.45, 2.75) is 19.8 Å². The van der Waals surface area contributed by atoms with Gasteiger partial charge >= 0.3 is 0 Å². The third-order valence-corrected chi connectivity index (χ3v) is 2.47. The van der Waals surface area contributed by atoms with Gasteiger partial charge in [0.15, 0.2) is 0 Å². The van der Waals surface area contributed by atoms with Crippen LogP contribution in [0.1, 0.15) is 19.2 Å². The number of halogens is 1. The smallest absolute Gasteiger partial charge is 0.107 e. The Kier molecular flexibility index (Phi) is 4.78. The lowest BCUT2D eigenvalue weighted by Crippen LogP contribution is -1.83. The van der Waals surface area contributed by atoms with Gasteiger partial charge in [-0.3, -0.25) is 0 Å². The number of aryl methyl sites for hydroxylation is 1. The monoisotopic (exact) mass is 269 g/mol. The van der Waals surface area contributed by atoms with E-state index in [0.29, 0.717) is 0 Å². The van der Waals surface area contributed by atoms with Crippen molar-refractivity contribution in [3.63, 3.8) is 0 Å². The number of aromatic nitrogens is 2. The third kappa shape index (κ3) is 3.04. The molecular weight excluding hydrogens is 254 g/mol. The van der Waals surface area contributed by atoms with Crippen LogP contribution in [0.15, 0.2) is 22.7 Å². The molecule has 82 valence electrons. The van der Waals surface area contributed by atoms with Gasteiger partial charge in [0.25, 0.3) is 0 Å². The molecule has 0 aliphatic rings. The minimum Gasteiger partial charge on any atom is -0.342 e. The molecule has 0 saturated heterocycles. The molecule has 0 unspecified atom stereocenters. The van der Waals surface area contributed by atoms with Crippen LogP contribution in [0.2, 0.25) is 0 Å². The highest BCUT2D eigenvalue weighted by Crippen LogP contribution is 2.17. The summed E-state index contributed by atoms with van der Waals surface area (Å²) < 4.78 is 1.09. The third-order valence-electron chi connectivity index (χ3n) is 1.98. The molecule has 0 bridgehead atoms. The van der Waals surface area contributed by atoms with Gasteiger partial charge in [-0.2, -0.15) is 0 Å². The standard InChI is InChI=1S/C10H11BrN2.CH5N/c1-2-3-10-12-8-5-4-7(11)6-9(8)13-10;1-2/h4-6H,2-3H2,1H3,(H,12,13);2H2,1H3. The van der Waals surface area contributed by atoms with Crippen LogP contribution in [-0.2, 0) is 6.42 Å². The zero-order valence-corrected chi connectivity index (χ0v) is 10.6. The van der Waals surface area contributed by atoms with E-state index in [2.05, 4.69) is 44.6 Å². The number of nitrogens with two attached hydrogens (primary N) is 1. The molecule has 3 nitrogen and oxygen atoms in total. The number of hydrogen-bond acceptors (Lipinski definition) is 2. The highest BCUT2D eigenvalue weighted by molar-refractivity contribution is 9.10. The van der Waals surface area contributed by atoms with Crippen LogP contribution in [-0.4, -0.2) is 17.0 Å². The lowest BCUT2D eigenvalue weighted by Gasteiger charge is -1.88. The van der Waals surface area contributed by atoms with Gasteiger partial charge in [-0.1, -0.05) is 22.9 Å². The first kappa shape index (κ1) is 12.2. The fourth-order valence-corrected chi connectivity index (χ4v) is 1.75. The van der Waals surface area contributed by atoms with Crippen molar-refractivity contribution >= 4 is 27.0 Å². The van der Waals surface area contributed by atoms with Gasteiger partial charge in [0, 0.05) is 10.9 Å². The highest BCUT2D eigenvalue weighted by Gasteiger charge is 2.01. The average molecular weight is 270 g/mol. The Bertz CT molecular complexity index is 423. The second-order valence-corrected chi connectivity index (χ2v) is 4.01. The fourth-order valence-electron chi connectivity index (χ4n) is 1.39. The van der Waals surface area contributed by atoms with E-state index in [4.69, 9.17) is 0 Å². The zero-order chi connectivity index (χ0) is 11.3. The number of H-pyrrole nitrogens is 1. The molecule has 0 saturated carbocycles. The maximum atomic E-state index is 4.50. The second-order valence-electron chi connectivity index (χ2n) is 3.09. The van der Waals surface area contributed by atoms with Crippen molar-refractivity contribution < 1.29 is 0 Å². The Morgan fingerprint density at radius 1 is 1.40 bits per heavy atom. The molecule has 0 atom stereocenters. The minimum absolute atomic E-state index is 1.02. The number of nitrogens with zero attached hydrogens (tertiary/aromatic N) is 1. The van der Waals surface area contributed by atoms with Gasteiger partial charge in [-0.05, 0) is 31.7 Å². The van der Waals surface area contributed by atoms with E-state index in [1.54, 1.807) is 0 Å². The topological polar surface area (TPSA) is 54.7 Å². The molecule has 4 heteroatoms. The summed E-state index contributed by atoms with van der Waals surface area (Å²) >= 11 is 3.43. The van der Waals surface area contributed by atoms with Crippen LogP contribution in [0, 0.1) is 0 Å². The summed E-state index contributed by atoms with van der Waals surface area (Å²) in [7, 11) is 1.50. The largest absolute Gasteiger partial charge is 0.342 e. The lowest BCUT2D eigenvalue weighted by molar-refractivity contribution is 0.861. The first-order chi connectivity index (χ1) is 7.29. The lowest BCUT2D eigenvalue weighted by atomic mass is 10.3. The molecular formula is C11H16BrN3. The molecule has 0 amide bonds. The Morgan fingerprint density at radius 3 is 2.80 bits per heavy atom. The molecule has 0 spiro atoms. The molecule has 0 radical (unpaired) electrons. The average Bonchev–Trinajstić information content (AvgIpc) is 2.63. The Balaban J connectivity index is 0.000000531. The number of imidazole rings is 1. The second kappa shape index (κ2) is 5.88. The van der Waals surface area contributed by atoms with E-state index in [1.165, 1.54) is 7.05 Å². The van der Waals surface area contributed by atoms with Crippen LogP contribution in [0.4, 0.5) is 0 Å². The van der Waals surface area contributed by atoms with Gasteiger partial charge in [-0.25, -0.2) is 4.98 Å². The number of rotatable bonds is 2. The van der Waals surface area contributed by atoms with Crippen molar-refractivity contribution in [3.8, 4) is 0 Å². The molecule has 1 aromatic heterocycles. The Hall–Kier alpha value is -0.870. The van der Waals surface area contributed by atoms with E-state index < -0.39 is 0 Å². The molecule has 2 aromatic rings. The number of fused-ring (bicyclic) bond motifs is 1. The molecule has 0 aliphatic carbocycles. The van der Waals surface area contributed by atoms with E-state index in [9.17, 15) is 0 Å². The Labute approximate surface area is 98.2 Å². The predicted molar refractivity (Wildman–Crippen MR) is 67.9 cm³/mol. The number of aromatic amines is 1. The number of hydrogen-bond donors (Lipinski definition) is 2. The summed E-state index contributed by atoms with van der Waals surface area (Å²) in [5.74, 6) is 1.08. The summed E-state index contributed by atoms with van der Waals surface area (Å²) in [6, 6.07) is 6.09. The fraction of sp³-hybridized carbons (Fsp3) is 0.364. The quantitative estimate of drug-likeness (QED) is 0.881. The molecule has 1 heterocycles. The van der Waals surface area contributed by atoms with Crippen LogP contribution < -0.4 is 5.73 Å². The Morgan fingerprint density at radius 2 is 2.13 bits per heavy atom. The first-order valence-corrected chi connectivity index (χ1v) is 5.81. The molecule has 2 rings (SSSR count). The normalized spacial score (nSPS) is 9.87. The summed E-state index contributed by atoms with van der Waals surface area (Å²) in [4.78, 5) is 7.76. The van der Waals surface area contributed by atoms with Gasteiger partial charge < -0.3 is 10.7 Å². The van der Waals surface area contributed by atoms with Gasteiger partial charge in [0.05, 0.1) is 11.0 Å². The van der Waals surface area contributed by atoms with Crippen molar-refractivity contribution in [1.82, 2.24) is 9.97 Å². The molecule has 0 fully saturated rings. The molecule has 1 aromatic carbocycles. The highest BCUT2D eigenvalue weighted by atomic mass is 79.9. The first-order valence-electron chi connectivity index (χ1n) is 5.01. The van der Waals surface area contributed by atoms with Crippen LogP contribution in [0.5, 0.6) is 0 Å². The summed E-state index contributed by atoms with van der Waals surface area (Å²) in [5.41, 5.74) is 6.66. The van der Waals surface area contributed by atoms with Crippen molar-refractivity contribution in [2.75, 3.05) is 7.05 Å². The number of nitrogens with one attached hydrogen (secondary N) is 1. The summed E-state index contributed by atoms with van der Waals surface area (Å²) in [6.07, 6.45) is 2.15. The summed E-state index contributed by atoms with van der Waals surface area (Å²) in [6.45, 7) is 2.16. The predicted octanol–water partition coefficient (Wildman–Crippen LogP) is 2.85. The van der Waals surface area contributed by atoms with Gasteiger partial charge in [0.2, 0.25) is 0 Å². The number of benzene rings is 1. The molecule has 15 heavy (non-hydrogen) atoms. The molecule has 0 aliphatic heterocycles. The van der Waals surface area contributed by atoms with Crippen LogP contribution >= 0.6 is 15.9 Å². The van der Waals surface area contributed by atoms with E-state index in [0.717, 1.165) is 34.2 Å². The van der Waals surface area contributed by atoms with Crippen LogP contribution in [0.3, 0.4) is 0 Å². The van der Waals surface area contributed by atoms with E-state index in [-0.39, 0.29) is 0 Å². The summed E-state index contributed by atoms with van der Waals surface area (Å²) in [5, 5.41) is 0. The maximum absolute atomic E-state index is 4.50. The van der Waals surface area contributed by atoms with Gasteiger partial charge in [0.1, 0.15) is 5.82 Å². The molecule has 3 N–H and O–H groups in total. The van der Waals surface area contributed by atoms with Crippen molar-refractivity contribution in [1.29, 1.82) is 0 Å². The van der Waals surface area contributed by atoms with Gasteiger partial charge in [-0.15, -0.1) is 0 Å². The SMILES string of the molecule is CCCc1nc2ccc(Br)cc2[nH]1.CN. The maximum Gasteiger partial charge on any atom is 0.107 e. The van der Waals surface area contributed by atoms with Crippen molar-refractivity contribution in [3.05, 3.63) is 28.5 Å². The zero-order valence-electron chi connectivity index (χ0n) is 9.05. The van der Waals surface area contributed by atoms with Crippen molar-refractivity contribution in [2.24, 2.45) is 5.73 Å². The minimum atomic E-state index is 1.02. The van der Waals surface area contributed by atoms with E-state index >= 15 is 0 Å². The van der Waals surface area contributed by atoms with E-state index in [1.807, 2.05) is 12.1 Å².